The molecule has 124 valence electrons. The van der Waals surface area contributed by atoms with E-state index in [1.54, 1.807) is 13.8 Å². The second kappa shape index (κ2) is 6.05. The summed E-state index contributed by atoms with van der Waals surface area (Å²) in [5, 5.41) is 19.6. The molecule has 2 aliphatic heterocycles. The van der Waals surface area contributed by atoms with Crippen LogP contribution in [0.2, 0.25) is 0 Å². The minimum absolute atomic E-state index is 0.362. The average molecular weight is 308 g/mol. The Bertz CT molecular complexity index is 366. The van der Waals surface area contributed by atoms with Gasteiger partial charge < -0.3 is 38.6 Å². The molecule has 0 aromatic heterocycles. The smallest absolute Gasteiger partial charge is 0.220 e. The van der Waals surface area contributed by atoms with Crippen LogP contribution in [-0.2, 0) is 28.4 Å². The first-order valence-electron chi connectivity index (χ1n) is 6.79. The summed E-state index contributed by atoms with van der Waals surface area (Å²) >= 11 is 0. The van der Waals surface area contributed by atoms with Crippen molar-refractivity contribution in [2.75, 3.05) is 27.9 Å². The predicted molar refractivity (Wildman–Crippen MR) is 69.3 cm³/mol. The highest BCUT2D eigenvalue weighted by atomic mass is 16.8. The molecule has 2 heterocycles. The lowest BCUT2D eigenvalue weighted by Crippen LogP contribution is -2.73. The molecular formula is C13H24O8. The fourth-order valence-electron chi connectivity index (χ4n) is 2.69. The van der Waals surface area contributed by atoms with Crippen LogP contribution in [-0.4, -0.2) is 80.4 Å². The first kappa shape index (κ1) is 17.0. The molecule has 2 saturated heterocycles. The van der Waals surface area contributed by atoms with Crippen molar-refractivity contribution in [3.63, 3.8) is 0 Å². The number of hydrogen-bond donors (Lipinski definition) is 2. The summed E-state index contributed by atoms with van der Waals surface area (Å²) in [5.41, 5.74) is 0. The molecule has 2 N–H and O–H groups in total. The van der Waals surface area contributed by atoms with Crippen LogP contribution in [0.1, 0.15) is 13.8 Å². The first-order chi connectivity index (χ1) is 9.85. The van der Waals surface area contributed by atoms with Gasteiger partial charge in [-0.1, -0.05) is 0 Å². The Hall–Kier alpha value is -0.320. The third-order valence-electron chi connectivity index (χ3n) is 4.36. The Kier molecular flexibility index (Phi) is 4.91. The Balaban J connectivity index is 2.33. The monoisotopic (exact) mass is 308 g/mol. The molecular weight excluding hydrogens is 284 g/mol. The zero-order chi connectivity index (χ0) is 15.8. The van der Waals surface area contributed by atoms with E-state index >= 15 is 0 Å². The van der Waals surface area contributed by atoms with Gasteiger partial charge in [0, 0.05) is 21.3 Å². The van der Waals surface area contributed by atoms with Crippen molar-refractivity contribution in [2.45, 2.75) is 56.1 Å². The predicted octanol–water partition coefficient (Wildman–Crippen LogP) is -0.780. The second-order valence-electron chi connectivity index (χ2n) is 5.42. The fraction of sp³-hybridized carbons (Fsp3) is 1.00. The highest BCUT2D eigenvalue weighted by molar-refractivity contribution is 4.99. The average Bonchev–Trinajstić information content (AvgIpc) is 2.50. The molecule has 0 spiro atoms. The molecule has 8 heteroatoms. The van der Waals surface area contributed by atoms with E-state index in [9.17, 15) is 10.2 Å². The van der Waals surface area contributed by atoms with Crippen LogP contribution in [0, 0.1) is 0 Å². The van der Waals surface area contributed by atoms with Crippen molar-refractivity contribution in [1.29, 1.82) is 0 Å². The number of aliphatic hydroxyl groups excluding tert-OH is 2. The zero-order valence-corrected chi connectivity index (χ0v) is 12.9. The highest BCUT2D eigenvalue weighted by Crippen LogP contribution is 2.43. The minimum atomic E-state index is -1.24. The Morgan fingerprint density at radius 3 is 1.95 bits per heavy atom. The van der Waals surface area contributed by atoms with Crippen molar-refractivity contribution >= 4 is 0 Å². The summed E-state index contributed by atoms with van der Waals surface area (Å²) in [4.78, 5) is 0. The van der Waals surface area contributed by atoms with Crippen molar-refractivity contribution < 1.29 is 38.6 Å². The normalized spacial score (nSPS) is 50.7. The standard InChI is InChI=1S/C13H24O8/c1-12(17-4)13(2,18-5)21-10-9(20-12)8(15)7(6-14)19-11(10)16-3/h7-11,14-15H,6H2,1-5H3/t7-,8+,9+,10-,11-,12-,13-/m1/s1. The summed E-state index contributed by atoms with van der Waals surface area (Å²) in [6.07, 6.45) is -4.21. The maximum atomic E-state index is 10.3. The van der Waals surface area contributed by atoms with E-state index in [0.29, 0.717) is 0 Å². The van der Waals surface area contributed by atoms with Crippen molar-refractivity contribution in [3.05, 3.63) is 0 Å². The van der Waals surface area contributed by atoms with Crippen LogP contribution in [0.25, 0.3) is 0 Å². The Morgan fingerprint density at radius 2 is 1.52 bits per heavy atom. The lowest BCUT2D eigenvalue weighted by atomic mass is 9.94. The molecule has 0 aromatic carbocycles. The third-order valence-corrected chi connectivity index (χ3v) is 4.36. The Morgan fingerprint density at radius 1 is 1.00 bits per heavy atom. The van der Waals surface area contributed by atoms with Gasteiger partial charge in [-0.05, 0) is 13.8 Å². The maximum absolute atomic E-state index is 10.3. The molecule has 8 nitrogen and oxygen atoms in total. The van der Waals surface area contributed by atoms with Crippen molar-refractivity contribution in [1.82, 2.24) is 0 Å². The summed E-state index contributed by atoms with van der Waals surface area (Å²) in [5.74, 6) is -2.45. The topological polar surface area (TPSA) is 95.8 Å². The molecule has 0 aromatic rings. The van der Waals surface area contributed by atoms with E-state index in [1.165, 1.54) is 21.3 Å². The van der Waals surface area contributed by atoms with Gasteiger partial charge in [-0.2, -0.15) is 0 Å². The summed E-state index contributed by atoms with van der Waals surface area (Å²) in [7, 11) is 4.38. The number of rotatable bonds is 4. The zero-order valence-electron chi connectivity index (χ0n) is 12.9. The van der Waals surface area contributed by atoms with Crippen LogP contribution in [0.5, 0.6) is 0 Å². The second-order valence-corrected chi connectivity index (χ2v) is 5.42. The summed E-state index contributed by atoms with van der Waals surface area (Å²) in [6, 6.07) is 0. The highest BCUT2D eigenvalue weighted by Gasteiger charge is 2.62. The molecule has 0 bridgehead atoms. The molecule has 0 unspecified atom stereocenters. The molecule has 2 fully saturated rings. The summed E-state index contributed by atoms with van der Waals surface area (Å²) in [6.45, 7) is 2.97. The lowest BCUT2D eigenvalue weighted by molar-refractivity contribution is -0.483. The van der Waals surface area contributed by atoms with Crippen molar-refractivity contribution in [2.24, 2.45) is 0 Å². The molecule has 0 amide bonds. The molecule has 0 aliphatic carbocycles. The first-order valence-corrected chi connectivity index (χ1v) is 6.79. The van der Waals surface area contributed by atoms with Gasteiger partial charge in [0.25, 0.3) is 0 Å². The van der Waals surface area contributed by atoms with E-state index in [0.717, 1.165) is 0 Å². The number of aliphatic hydroxyl groups is 2. The largest absolute Gasteiger partial charge is 0.394 e. The van der Waals surface area contributed by atoms with Crippen LogP contribution in [0.15, 0.2) is 0 Å². The lowest BCUT2D eigenvalue weighted by Gasteiger charge is -2.56. The van der Waals surface area contributed by atoms with Crippen LogP contribution in [0.4, 0.5) is 0 Å². The van der Waals surface area contributed by atoms with Crippen LogP contribution >= 0.6 is 0 Å². The van der Waals surface area contributed by atoms with Gasteiger partial charge in [0.1, 0.15) is 24.4 Å². The molecule has 2 rings (SSSR count). The molecule has 7 atom stereocenters. The quantitative estimate of drug-likeness (QED) is 0.698. The van der Waals surface area contributed by atoms with E-state index in [-0.39, 0.29) is 6.61 Å². The van der Waals surface area contributed by atoms with Gasteiger partial charge in [0.2, 0.25) is 11.6 Å². The van der Waals surface area contributed by atoms with Gasteiger partial charge in [-0.25, -0.2) is 0 Å². The summed E-state index contributed by atoms with van der Waals surface area (Å²) < 4.78 is 33.4. The van der Waals surface area contributed by atoms with E-state index in [2.05, 4.69) is 0 Å². The van der Waals surface area contributed by atoms with Gasteiger partial charge >= 0.3 is 0 Å². The van der Waals surface area contributed by atoms with Gasteiger partial charge in [0.05, 0.1) is 6.61 Å². The fourth-order valence-corrected chi connectivity index (χ4v) is 2.69. The van der Waals surface area contributed by atoms with Gasteiger partial charge in [-0.3, -0.25) is 0 Å². The molecule has 0 radical (unpaired) electrons. The van der Waals surface area contributed by atoms with E-state index < -0.39 is 42.3 Å². The van der Waals surface area contributed by atoms with Gasteiger partial charge in [0.15, 0.2) is 6.29 Å². The number of methoxy groups -OCH3 is 3. The van der Waals surface area contributed by atoms with Gasteiger partial charge in [-0.15, -0.1) is 0 Å². The number of fused-ring (bicyclic) bond motifs is 1. The molecule has 2 aliphatic rings. The maximum Gasteiger partial charge on any atom is 0.220 e. The minimum Gasteiger partial charge on any atom is -0.394 e. The number of hydrogen-bond acceptors (Lipinski definition) is 8. The molecule has 21 heavy (non-hydrogen) atoms. The molecule has 0 saturated carbocycles. The van der Waals surface area contributed by atoms with E-state index in [1.807, 2.05) is 0 Å². The Labute approximate surface area is 123 Å². The third kappa shape index (κ3) is 2.60. The van der Waals surface area contributed by atoms with Crippen LogP contribution in [0.3, 0.4) is 0 Å². The van der Waals surface area contributed by atoms with Crippen molar-refractivity contribution in [3.8, 4) is 0 Å². The SMILES string of the molecule is CO[C@@H]1O[C@H](CO)[C@H](O)[C@@H]2O[C@@](C)(OC)[C@](C)(OC)O[C@@H]12. The van der Waals surface area contributed by atoms with Crippen LogP contribution < -0.4 is 0 Å². The van der Waals surface area contributed by atoms with E-state index in [4.69, 9.17) is 28.4 Å². The number of ether oxygens (including phenoxy) is 6.